The van der Waals surface area contributed by atoms with Crippen molar-refractivity contribution in [2.75, 3.05) is 0 Å². The first-order chi connectivity index (χ1) is 6.07. The lowest BCUT2D eigenvalue weighted by Crippen LogP contribution is -1.96. The number of hydrogen-bond acceptors (Lipinski definition) is 4. The molecule has 1 aromatic carbocycles. The average Bonchev–Trinajstić information content (AvgIpc) is 2.08. The summed E-state index contributed by atoms with van der Waals surface area (Å²) in [5, 5.41) is 27.9. The molecule has 5 nitrogen and oxygen atoms in total. The van der Waals surface area contributed by atoms with E-state index in [1.54, 1.807) is 0 Å². The van der Waals surface area contributed by atoms with Gasteiger partial charge in [-0.2, -0.15) is 0 Å². The van der Waals surface area contributed by atoms with Crippen molar-refractivity contribution in [3.05, 3.63) is 32.8 Å². The summed E-state index contributed by atoms with van der Waals surface area (Å²) in [6, 6.07) is 2.44. The lowest BCUT2D eigenvalue weighted by atomic mass is 10.2. The highest BCUT2D eigenvalue weighted by Gasteiger charge is 2.20. The molecule has 0 aliphatic rings. The van der Waals surface area contributed by atoms with E-state index in [0.717, 1.165) is 0 Å². The van der Waals surface area contributed by atoms with Gasteiger partial charge in [-0.1, -0.05) is 11.6 Å². The normalized spacial score (nSPS) is 10.0. The molecule has 1 rings (SSSR count). The minimum atomic E-state index is -0.742. The van der Waals surface area contributed by atoms with Gasteiger partial charge >= 0.3 is 0 Å². The van der Waals surface area contributed by atoms with Crippen LogP contribution in [0.4, 0.5) is 5.69 Å². The highest BCUT2D eigenvalue weighted by molar-refractivity contribution is 6.34. The van der Waals surface area contributed by atoms with E-state index in [-0.39, 0.29) is 16.3 Å². The molecule has 0 heterocycles. The van der Waals surface area contributed by atoms with Gasteiger partial charge in [-0.05, 0) is 12.1 Å². The summed E-state index contributed by atoms with van der Waals surface area (Å²) in [6.07, 6.45) is 0. The third-order valence-electron chi connectivity index (χ3n) is 1.53. The number of phenolic OH excluding ortho intramolecular Hbond substituents is 1. The van der Waals surface area contributed by atoms with Gasteiger partial charge in [-0.15, -0.1) is 0 Å². The Kier molecular flexibility index (Phi) is 2.69. The maximum Gasteiger partial charge on any atom is 0.297 e. The molecule has 0 bridgehead atoms. The summed E-state index contributed by atoms with van der Waals surface area (Å²) >= 11 is 5.47. The van der Waals surface area contributed by atoms with Crippen LogP contribution in [0.2, 0.25) is 5.02 Å². The summed E-state index contributed by atoms with van der Waals surface area (Å²) in [5.41, 5.74) is -0.378. The topological polar surface area (TPSA) is 83.6 Å². The molecule has 0 spiro atoms. The van der Waals surface area contributed by atoms with E-state index in [1.807, 2.05) is 0 Å². The predicted molar refractivity (Wildman–Crippen MR) is 45.7 cm³/mol. The van der Waals surface area contributed by atoms with E-state index in [9.17, 15) is 10.1 Å². The Labute approximate surface area is 78.3 Å². The van der Waals surface area contributed by atoms with Crippen LogP contribution in [0.3, 0.4) is 0 Å². The van der Waals surface area contributed by atoms with E-state index in [1.165, 1.54) is 12.1 Å². The number of nitro benzene ring substituents is 1. The summed E-state index contributed by atoms with van der Waals surface area (Å²) < 4.78 is 0. The Morgan fingerprint density at radius 2 is 2.15 bits per heavy atom. The quantitative estimate of drug-likeness (QED) is 0.563. The molecule has 0 unspecified atom stereocenters. The van der Waals surface area contributed by atoms with Gasteiger partial charge in [0, 0.05) is 0 Å². The van der Waals surface area contributed by atoms with E-state index >= 15 is 0 Å². The van der Waals surface area contributed by atoms with Gasteiger partial charge in [0.15, 0.2) is 5.02 Å². The highest BCUT2D eigenvalue weighted by Crippen LogP contribution is 2.35. The molecular formula is C7H6ClNO4. The lowest BCUT2D eigenvalue weighted by Gasteiger charge is -2.02. The maximum atomic E-state index is 10.5. The number of rotatable bonds is 2. The second-order valence-corrected chi connectivity index (χ2v) is 2.70. The fraction of sp³-hybridized carbons (Fsp3) is 0.143. The standard InChI is InChI=1S/C7H6ClNO4/c8-6-5(11)2-1-4(3-10)7(6)9(12)13/h1-2,10-11H,3H2. The second kappa shape index (κ2) is 3.59. The van der Waals surface area contributed by atoms with Crippen LogP contribution >= 0.6 is 11.6 Å². The highest BCUT2D eigenvalue weighted by atomic mass is 35.5. The van der Waals surface area contributed by atoms with Crippen molar-refractivity contribution >= 4 is 17.3 Å². The number of aromatic hydroxyl groups is 1. The zero-order valence-electron chi connectivity index (χ0n) is 6.40. The van der Waals surface area contributed by atoms with Crippen LogP contribution in [-0.4, -0.2) is 15.1 Å². The molecule has 70 valence electrons. The van der Waals surface area contributed by atoms with Gasteiger partial charge in [0.05, 0.1) is 17.1 Å². The van der Waals surface area contributed by atoms with Gasteiger partial charge in [0.25, 0.3) is 5.69 Å². The second-order valence-electron chi connectivity index (χ2n) is 2.32. The predicted octanol–water partition coefficient (Wildman–Crippen LogP) is 1.45. The molecule has 1 aromatic rings. The van der Waals surface area contributed by atoms with Crippen LogP contribution in [0.15, 0.2) is 12.1 Å². The Balaban J connectivity index is 3.41. The van der Waals surface area contributed by atoms with Crippen molar-refractivity contribution in [2.45, 2.75) is 6.61 Å². The molecular weight excluding hydrogens is 198 g/mol. The Hall–Kier alpha value is -1.33. The van der Waals surface area contributed by atoms with Gasteiger partial charge in [0.2, 0.25) is 0 Å². The molecule has 0 aromatic heterocycles. The fourth-order valence-corrected chi connectivity index (χ4v) is 1.17. The van der Waals surface area contributed by atoms with Crippen molar-refractivity contribution in [3.8, 4) is 5.75 Å². The molecule has 0 saturated carbocycles. The number of halogens is 1. The average molecular weight is 204 g/mol. The molecule has 13 heavy (non-hydrogen) atoms. The van der Waals surface area contributed by atoms with Crippen molar-refractivity contribution in [3.63, 3.8) is 0 Å². The number of aliphatic hydroxyl groups is 1. The smallest absolute Gasteiger partial charge is 0.297 e. The van der Waals surface area contributed by atoms with E-state index in [2.05, 4.69) is 0 Å². The largest absolute Gasteiger partial charge is 0.506 e. The van der Waals surface area contributed by atoms with Crippen LogP contribution in [-0.2, 0) is 6.61 Å². The van der Waals surface area contributed by atoms with Gasteiger partial charge < -0.3 is 10.2 Å². The monoisotopic (exact) mass is 203 g/mol. The van der Waals surface area contributed by atoms with Crippen LogP contribution in [0, 0.1) is 10.1 Å². The maximum absolute atomic E-state index is 10.5. The Morgan fingerprint density at radius 1 is 1.54 bits per heavy atom. The molecule has 0 radical (unpaired) electrons. The Bertz CT molecular complexity index is 353. The molecule has 0 saturated heterocycles. The zero-order chi connectivity index (χ0) is 10.0. The van der Waals surface area contributed by atoms with Gasteiger partial charge in [-0.3, -0.25) is 10.1 Å². The number of phenols is 1. The van der Waals surface area contributed by atoms with Crippen LogP contribution < -0.4 is 0 Å². The lowest BCUT2D eigenvalue weighted by molar-refractivity contribution is -0.385. The van der Waals surface area contributed by atoms with Crippen LogP contribution in [0.25, 0.3) is 0 Å². The molecule has 0 amide bonds. The zero-order valence-corrected chi connectivity index (χ0v) is 7.15. The number of nitrogens with zero attached hydrogens (tertiary/aromatic N) is 1. The molecule has 0 fully saturated rings. The number of aliphatic hydroxyl groups excluding tert-OH is 1. The summed E-state index contributed by atoms with van der Waals surface area (Å²) in [4.78, 5) is 9.71. The van der Waals surface area contributed by atoms with Crippen molar-refractivity contribution in [1.82, 2.24) is 0 Å². The van der Waals surface area contributed by atoms with Gasteiger partial charge in [-0.25, -0.2) is 0 Å². The minimum absolute atomic E-state index is 0.0767. The first kappa shape index (κ1) is 9.76. The summed E-state index contributed by atoms with van der Waals surface area (Å²) in [6.45, 7) is -0.490. The summed E-state index contributed by atoms with van der Waals surface area (Å²) in [7, 11) is 0. The molecule has 0 aliphatic heterocycles. The van der Waals surface area contributed by atoms with Crippen molar-refractivity contribution < 1.29 is 15.1 Å². The summed E-state index contributed by atoms with van der Waals surface area (Å²) in [5.74, 6) is -0.370. The number of benzene rings is 1. The SMILES string of the molecule is O=[N+]([O-])c1c(CO)ccc(O)c1Cl. The van der Waals surface area contributed by atoms with E-state index in [0.29, 0.717) is 0 Å². The first-order valence-electron chi connectivity index (χ1n) is 3.33. The van der Waals surface area contributed by atoms with Gasteiger partial charge in [0.1, 0.15) is 5.75 Å². The third-order valence-corrected chi connectivity index (χ3v) is 1.90. The number of nitro groups is 1. The molecule has 2 N–H and O–H groups in total. The third kappa shape index (κ3) is 1.71. The van der Waals surface area contributed by atoms with Crippen LogP contribution in [0.5, 0.6) is 5.75 Å². The molecule has 0 aliphatic carbocycles. The van der Waals surface area contributed by atoms with Crippen LogP contribution in [0.1, 0.15) is 5.56 Å². The molecule has 6 heteroatoms. The van der Waals surface area contributed by atoms with E-state index in [4.69, 9.17) is 21.8 Å². The first-order valence-corrected chi connectivity index (χ1v) is 3.71. The van der Waals surface area contributed by atoms with Crippen molar-refractivity contribution in [2.24, 2.45) is 0 Å². The Morgan fingerprint density at radius 3 is 2.62 bits per heavy atom. The fourth-order valence-electron chi connectivity index (χ4n) is 0.919. The molecule has 0 atom stereocenters. The number of hydrogen-bond donors (Lipinski definition) is 2. The van der Waals surface area contributed by atoms with E-state index < -0.39 is 17.2 Å². The van der Waals surface area contributed by atoms with Crippen molar-refractivity contribution in [1.29, 1.82) is 0 Å². The minimum Gasteiger partial charge on any atom is -0.506 e.